The molecule has 0 bridgehead atoms. The van der Waals surface area contributed by atoms with Crippen molar-refractivity contribution in [3.8, 4) is 5.75 Å². The molecule has 3 rings (SSSR count). The summed E-state index contributed by atoms with van der Waals surface area (Å²) >= 11 is 0. The average Bonchev–Trinajstić information content (AvgIpc) is 2.69. The van der Waals surface area contributed by atoms with Gasteiger partial charge < -0.3 is 19.9 Å². The van der Waals surface area contributed by atoms with Gasteiger partial charge in [-0.2, -0.15) is 0 Å². The zero-order chi connectivity index (χ0) is 20.1. The fraction of sp³-hybridized carbons (Fsp3) is 0.364. The number of benzene rings is 2. The van der Waals surface area contributed by atoms with E-state index in [-0.39, 0.29) is 17.9 Å². The topological polar surface area (TPSA) is 61.9 Å². The van der Waals surface area contributed by atoms with E-state index in [2.05, 4.69) is 17.3 Å². The number of amides is 2. The van der Waals surface area contributed by atoms with E-state index in [1.807, 2.05) is 36.9 Å². The first-order valence-electron chi connectivity index (χ1n) is 9.59. The number of hydrogen-bond donors (Lipinski definition) is 1. The summed E-state index contributed by atoms with van der Waals surface area (Å²) in [4.78, 5) is 29.3. The highest BCUT2D eigenvalue weighted by Gasteiger charge is 2.20. The molecule has 6 heteroatoms. The van der Waals surface area contributed by atoms with Crippen molar-refractivity contribution in [2.45, 2.75) is 20.0 Å². The Hall–Kier alpha value is -2.86. The molecule has 0 aromatic heterocycles. The van der Waals surface area contributed by atoms with Crippen LogP contribution in [0.4, 0.5) is 5.69 Å². The number of likely N-dealkylation sites (N-methyl/N-ethyl adjacent to an activating group) is 1. The van der Waals surface area contributed by atoms with Gasteiger partial charge in [0.05, 0.1) is 11.8 Å². The molecule has 0 spiro atoms. The quantitative estimate of drug-likeness (QED) is 0.864. The normalized spacial score (nSPS) is 14.8. The van der Waals surface area contributed by atoms with Crippen molar-refractivity contribution in [1.82, 2.24) is 9.80 Å². The molecular formula is C22H27N3O3. The predicted molar refractivity (Wildman–Crippen MR) is 110 cm³/mol. The van der Waals surface area contributed by atoms with Crippen LogP contribution in [-0.4, -0.2) is 60.9 Å². The number of piperazine rings is 1. The maximum Gasteiger partial charge on any atom is 0.255 e. The Bertz CT molecular complexity index is 825. The van der Waals surface area contributed by atoms with Crippen molar-refractivity contribution >= 4 is 17.5 Å². The third-order valence-corrected chi connectivity index (χ3v) is 4.68. The number of carbonyl (C=O) groups is 2. The van der Waals surface area contributed by atoms with E-state index < -0.39 is 0 Å². The Balaban J connectivity index is 1.67. The second-order valence-electron chi connectivity index (χ2n) is 7.29. The molecule has 0 aliphatic carbocycles. The standard InChI is InChI=1S/C22H27N3O3/c1-16(2)28-20-7-5-4-6-19(20)23-21(26)17-8-10-18(11-9-17)22(27)25-14-12-24(3)13-15-25/h4-11,16H,12-15H2,1-3H3,(H,23,26). The molecule has 0 atom stereocenters. The molecular weight excluding hydrogens is 354 g/mol. The zero-order valence-corrected chi connectivity index (χ0v) is 16.6. The molecule has 1 aliphatic heterocycles. The van der Waals surface area contributed by atoms with Crippen molar-refractivity contribution in [3.05, 3.63) is 59.7 Å². The van der Waals surface area contributed by atoms with Crippen LogP contribution in [0.15, 0.2) is 48.5 Å². The summed E-state index contributed by atoms with van der Waals surface area (Å²) in [5.74, 6) is 0.404. The number of rotatable bonds is 5. The Kier molecular flexibility index (Phi) is 6.31. The molecule has 0 saturated carbocycles. The van der Waals surface area contributed by atoms with Crippen LogP contribution in [0.1, 0.15) is 34.6 Å². The van der Waals surface area contributed by atoms with Gasteiger partial charge in [-0.25, -0.2) is 0 Å². The SMILES string of the molecule is CC(C)Oc1ccccc1NC(=O)c1ccc(C(=O)N2CCN(C)CC2)cc1. The number of hydrogen-bond acceptors (Lipinski definition) is 4. The monoisotopic (exact) mass is 381 g/mol. The molecule has 6 nitrogen and oxygen atoms in total. The molecule has 2 aromatic carbocycles. The van der Waals surface area contributed by atoms with Gasteiger partial charge in [-0.3, -0.25) is 9.59 Å². The average molecular weight is 381 g/mol. The maximum absolute atomic E-state index is 12.6. The van der Waals surface area contributed by atoms with Crippen LogP contribution in [0.2, 0.25) is 0 Å². The van der Waals surface area contributed by atoms with Gasteiger partial charge in [0.15, 0.2) is 0 Å². The van der Waals surface area contributed by atoms with E-state index in [0.29, 0.717) is 22.6 Å². The summed E-state index contributed by atoms with van der Waals surface area (Å²) in [6, 6.07) is 14.1. The van der Waals surface area contributed by atoms with Gasteiger partial charge in [-0.05, 0) is 57.3 Å². The lowest BCUT2D eigenvalue weighted by Crippen LogP contribution is -2.47. The minimum Gasteiger partial charge on any atom is -0.489 e. The smallest absolute Gasteiger partial charge is 0.255 e. The Labute approximate surface area is 166 Å². The van der Waals surface area contributed by atoms with Crippen LogP contribution in [0.5, 0.6) is 5.75 Å². The minimum absolute atomic E-state index is 0.00994. The number of anilines is 1. The van der Waals surface area contributed by atoms with Gasteiger partial charge in [0.25, 0.3) is 11.8 Å². The van der Waals surface area contributed by atoms with Gasteiger partial charge in [-0.15, -0.1) is 0 Å². The van der Waals surface area contributed by atoms with E-state index in [4.69, 9.17) is 4.74 Å². The Morgan fingerprint density at radius 3 is 2.18 bits per heavy atom. The third-order valence-electron chi connectivity index (χ3n) is 4.68. The molecule has 2 amide bonds. The van der Waals surface area contributed by atoms with Crippen molar-refractivity contribution in [2.24, 2.45) is 0 Å². The van der Waals surface area contributed by atoms with Gasteiger partial charge >= 0.3 is 0 Å². The lowest BCUT2D eigenvalue weighted by molar-refractivity contribution is 0.0664. The van der Waals surface area contributed by atoms with Crippen LogP contribution in [0, 0.1) is 0 Å². The van der Waals surface area contributed by atoms with Crippen LogP contribution in [0.25, 0.3) is 0 Å². The Morgan fingerprint density at radius 1 is 0.929 bits per heavy atom. The van der Waals surface area contributed by atoms with E-state index in [0.717, 1.165) is 26.2 Å². The largest absolute Gasteiger partial charge is 0.489 e. The van der Waals surface area contributed by atoms with Crippen LogP contribution in [-0.2, 0) is 0 Å². The second kappa shape index (κ2) is 8.89. The van der Waals surface area contributed by atoms with Gasteiger partial charge in [0, 0.05) is 37.3 Å². The van der Waals surface area contributed by atoms with Crippen LogP contribution in [0.3, 0.4) is 0 Å². The molecule has 1 saturated heterocycles. The van der Waals surface area contributed by atoms with Gasteiger partial charge in [0.1, 0.15) is 5.75 Å². The first-order valence-corrected chi connectivity index (χ1v) is 9.59. The van der Waals surface area contributed by atoms with Crippen molar-refractivity contribution < 1.29 is 14.3 Å². The molecule has 0 unspecified atom stereocenters. The zero-order valence-electron chi connectivity index (χ0n) is 16.6. The Morgan fingerprint density at radius 2 is 1.54 bits per heavy atom. The van der Waals surface area contributed by atoms with E-state index >= 15 is 0 Å². The summed E-state index contributed by atoms with van der Waals surface area (Å²) < 4.78 is 5.74. The number of nitrogens with zero attached hydrogens (tertiary/aromatic N) is 2. The number of nitrogens with one attached hydrogen (secondary N) is 1. The second-order valence-corrected chi connectivity index (χ2v) is 7.29. The summed E-state index contributed by atoms with van der Waals surface area (Å²) in [5.41, 5.74) is 1.72. The number of carbonyl (C=O) groups excluding carboxylic acids is 2. The summed E-state index contributed by atoms with van der Waals surface area (Å²) in [7, 11) is 2.06. The molecule has 1 heterocycles. The van der Waals surface area contributed by atoms with E-state index in [9.17, 15) is 9.59 Å². The summed E-state index contributed by atoms with van der Waals surface area (Å²) in [5, 5.41) is 2.88. The van der Waals surface area contributed by atoms with Gasteiger partial charge in [-0.1, -0.05) is 12.1 Å². The lowest BCUT2D eigenvalue weighted by atomic mass is 10.1. The minimum atomic E-state index is -0.238. The first kappa shape index (κ1) is 19.9. The number of para-hydroxylation sites is 2. The van der Waals surface area contributed by atoms with Crippen molar-refractivity contribution in [1.29, 1.82) is 0 Å². The predicted octanol–water partition coefficient (Wildman–Crippen LogP) is 3.11. The summed E-state index contributed by atoms with van der Waals surface area (Å²) in [6.07, 6.45) is 0.0120. The molecule has 148 valence electrons. The highest BCUT2D eigenvalue weighted by atomic mass is 16.5. The maximum atomic E-state index is 12.6. The molecule has 1 aliphatic rings. The lowest BCUT2D eigenvalue weighted by Gasteiger charge is -2.32. The first-order chi connectivity index (χ1) is 13.4. The number of ether oxygens (including phenoxy) is 1. The van der Waals surface area contributed by atoms with Crippen molar-refractivity contribution in [3.63, 3.8) is 0 Å². The molecule has 2 aromatic rings. The van der Waals surface area contributed by atoms with E-state index in [1.54, 1.807) is 30.3 Å². The van der Waals surface area contributed by atoms with Crippen LogP contribution >= 0.6 is 0 Å². The third kappa shape index (κ3) is 4.89. The van der Waals surface area contributed by atoms with Crippen LogP contribution < -0.4 is 10.1 Å². The highest BCUT2D eigenvalue weighted by molar-refractivity contribution is 6.05. The molecule has 0 radical (unpaired) electrons. The molecule has 28 heavy (non-hydrogen) atoms. The fourth-order valence-electron chi connectivity index (χ4n) is 3.08. The molecule has 1 N–H and O–H groups in total. The van der Waals surface area contributed by atoms with Crippen molar-refractivity contribution in [2.75, 3.05) is 38.5 Å². The van der Waals surface area contributed by atoms with E-state index in [1.165, 1.54) is 0 Å². The highest BCUT2D eigenvalue weighted by Crippen LogP contribution is 2.25. The molecule has 1 fully saturated rings. The van der Waals surface area contributed by atoms with Gasteiger partial charge in [0.2, 0.25) is 0 Å². The summed E-state index contributed by atoms with van der Waals surface area (Å²) in [6.45, 7) is 7.09. The fourth-order valence-corrected chi connectivity index (χ4v) is 3.08.